The molecule has 3 aromatic rings. The Morgan fingerprint density at radius 1 is 1.20 bits per heavy atom. The molecule has 3 rings (SSSR count). The molecule has 1 N–H and O–H groups in total. The van der Waals surface area contributed by atoms with E-state index in [2.05, 4.69) is 28.9 Å². The van der Waals surface area contributed by atoms with Gasteiger partial charge in [-0.2, -0.15) is 0 Å². The van der Waals surface area contributed by atoms with Crippen LogP contribution in [0.2, 0.25) is 0 Å². The van der Waals surface area contributed by atoms with Crippen LogP contribution in [0.15, 0.2) is 42.6 Å². The number of aryl methyl sites for hydroxylation is 1. The van der Waals surface area contributed by atoms with Gasteiger partial charge in [-0.05, 0) is 37.3 Å². The van der Waals surface area contributed by atoms with Gasteiger partial charge < -0.3 is 9.88 Å². The van der Waals surface area contributed by atoms with Crippen LogP contribution in [0, 0.1) is 12.7 Å². The molecule has 0 aliphatic rings. The molecule has 2 nitrogen and oxygen atoms in total. The number of aromatic nitrogens is 1. The zero-order valence-corrected chi connectivity index (χ0v) is 12.2. The molecule has 20 heavy (non-hydrogen) atoms. The van der Waals surface area contributed by atoms with Crippen molar-refractivity contribution in [3.63, 3.8) is 0 Å². The Kier molecular flexibility index (Phi) is 3.85. The van der Waals surface area contributed by atoms with Gasteiger partial charge in [0.05, 0.1) is 5.52 Å². The van der Waals surface area contributed by atoms with Crippen molar-refractivity contribution in [1.82, 2.24) is 9.88 Å². The molecule has 0 bridgehead atoms. The average molecular weight is 288 g/mol. The van der Waals surface area contributed by atoms with Gasteiger partial charge >= 0.3 is 0 Å². The summed E-state index contributed by atoms with van der Waals surface area (Å²) in [4.78, 5) is 2.69. The number of benzene rings is 1. The van der Waals surface area contributed by atoms with Gasteiger partial charge in [-0.25, -0.2) is 4.39 Å². The maximum Gasteiger partial charge on any atom is 0.132 e. The molecule has 0 saturated heterocycles. The molecule has 0 unspecified atom stereocenters. The third-order valence-corrected chi connectivity index (χ3v) is 4.39. The number of thiophene rings is 1. The molecule has 0 aliphatic heterocycles. The van der Waals surface area contributed by atoms with E-state index in [9.17, 15) is 4.39 Å². The second-order valence-electron chi connectivity index (χ2n) is 4.87. The third kappa shape index (κ3) is 2.76. The largest absolute Gasteiger partial charge is 0.346 e. The number of hydrogen-bond donors (Lipinski definition) is 1. The van der Waals surface area contributed by atoms with Gasteiger partial charge in [-0.15, -0.1) is 11.3 Å². The molecule has 0 atom stereocenters. The van der Waals surface area contributed by atoms with Crippen LogP contribution in [0.1, 0.15) is 9.75 Å². The number of fused-ring (bicyclic) bond motifs is 1. The van der Waals surface area contributed by atoms with Crippen LogP contribution in [-0.2, 0) is 13.1 Å². The summed E-state index contributed by atoms with van der Waals surface area (Å²) in [6.45, 7) is 4.73. The molecular formula is C16H17FN2S. The van der Waals surface area contributed by atoms with Crippen LogP contribution in [0.25, 0.3) is 10.9 Å². The minimum Gasteiger partial charge on any atom is -0.346 e. The van der Waals surface area contributed by atoms with E-state index in [1.807, 2.05) is 29.7 Å². The summed E-state index contributed by atoms with van der Waals surface area (Å²) >= 11 is 1.82. The Balaban J connectivity index is 1.59. The Morgan fingerprint density at radius 3 is 2.90 bits per heavy atom. The fourth-order valence-corrected chi connectivity index (χ4v) is 3.23. The van der Waals surface area contributed by atoms with Crippen LogP contribution in [0.4, 0.5) is 4.39 Å². The minimum atomic E-state index is -0.150. The first-order valence-corrected chi connectivity index (χ1v) is 7.55. The molecule has 1 aromatic carbocycles. The Labute approximate surface area is 121 Å². The van der Waals surface area contributed by atoms with E-state index in [0.29, 0.717) is 5.39 Å². The first-order chi connectivity index (χ1) is 9.74. The summed E-state index contributed by atoms with van der Waals surface area (Å²) in [5.41, 5.74) is 0.957. The lowest BCUT2D eigenvalue weighted by Gasteiger charge is -2.06. The quantitative estimate of drug-likeness (QED) is 0.704. The monoisotopic (exact) mass is 288 g/mol. The van der Waals surface area contributed by atoms with E-state index in [1.54, 1.807) is 6.07 Å². The van der Waals surface area contributed by atoms with Gasteiger partial charge in [0.1, 0.15) is 5.82 Å². The van der Waals surface area contributed by atoms with E-state index in [0.717, 1.165) is 25.2 Å². The van der Waals surface area contributed by atoms with E-state index < -0.39 is 0 Å². The number of nitrogens with one attached hydrogen (secondary N) is 1. The second-order valence-corrected chi connectivity index (χ2v) is 6.24. The van der Waals surface area contributed by atoms with Crippen LogP contribution in [-0.4, -0.2) is 11.1 Å². The molecule has 0 fully saturated rings. The molecule has 4 heteroatoms. The van der Waals surface area contributed by atoms with Crippen molar-refractivity contribution in [3.8, 4) is 0 Å². The molecule has 0 amide bonds. The number of nitrogens with zero attached hydrogens (tertiary/aromatic N) is 1. The first kappa shape index (κ1) is 13.3. The van der Waals surface area contributed by atoms with Crippen molar-refractivity contribution in [2.24, 2.45) is 0 Å². The lowest BCUT2D eigenvalue weighted by atomic mass is 10.2. The summed E-state index contributed by atoms with van der Waals surface area (Å²) < 4.78 is 15.7. The molecule has 2 heterocycles. The van der Waals surface area contributed by atoms with Crippen molar-refractivity contribution in [2.75, 3.05) is 6.54 Å². The van der Waals surface area contributed by atoms with Crippen molar-refractivity contribution >= 4 is 22.2 Å². The molecule has 0 saturated carbocycles. The summed E-state index contributed by atoms with van der Waals surface area (Å²) in [5.74, 6) is -0.150. The van der Waals surface area contributed by atoms with E-state index in [-0.39, 0.29) is 5.82 Å². The van der Waals surface area contributed by atoms with Gasteiger partial charge in [0.15, 0.2) is 0 Å². The van der Waals surface area contributed by atoms with E-state index in [1.165, 1.54) is 15.8 Å². The number of rotatable bonds is 5. The Morgan fingerprint density at radius 2 is 2.10 bits per heavy atom. The highest BCUT2D eigenvalue weighted by Gasteiger charge is 2.04. The van der Waals surface area contributed by atoms with Crippen LogP contribution in [0.5, 0.6) is 0 Å². The maximum absolute atomic E-state index is 13.6. The number of halogens is 1. The van der Waals surface area contributed by atoms with Gasteiger partial charge in [0.2, 0.25) is 0 Å². The standard InChI is InChI=1S/C16H17FN2S/c1-12-5-6-13(20-12)11-18-8-10-19-9-7-14-15(17)3-2-4-16(14)19/h2-7,9,18H,8,10-11H2,1H3. The lowest BCUT2D eigenvalue weighted by molar-refractivity contribution is 0.611. The highest BCUT2D eigenvalue weighted by molar-refractivity contribution is 7.11. The van der Waals surface area contributed by atoms with Gasteiger partial charge in [0, 0.05) is 41.0 Å². The van der Waals surface area contributed by atoms with Gasteiger partial charge in [-0.3, -0.25) is 0 Å². The average Bonchev–Trinajstić information content (AvgIpc) is 3.02. The topological polar surface area (TPSA) is 17.0 Å². The van der Waals surface area contributed by atoms with Crippen molar-refractivity contribution in [3.05, 3.63) is 58.2 Å². The lowest BCUT2D eigenvalue weighted by Crippen LogP contribution is -2.18. The summed E-state index contributed by atoms with van der Waals surface area (Å²) in [6.07, 6.45) is 1.95. The molecule has 2 aromatic heterocycles. The Bertz CT molecular complexity index is 714. The van der Waals surface area contributed by atoms with Crippen LogP contribution < -0.4 is 5.32 Å². The summed E-state index contributed by atoms with van der Waals surface area (Å²) in [5, 5.41) is 4.12. The normalized spacial score (nSPS) is 11.3. The highest BCUT2D eigenvalue weighted by Crippen LogP contribution is 2.18. The van der Waals surface area contributed by atoms with Crippen molar-refractivity contribution in [1.29, 1.82) is 0 Å². The first-order valence-electron chi connectivity index (χ1n) is 6.73. The smallest absolute Gasteiger partial charge is 0.132 e. The fourth-order valence-electron chi connectivity index (χ4n) is 2.37. The maximum atomic E-state index is 13.6. The predicted molar refractivity (Wildman–Crippen MR) is 82.7 cm³/mol. The third-order valence-electron chi connectivity index (χ3n) is 3.39. The summed E-state index contributed by atoms with van der Waals surface area (Å²) in [7, 11) is 0. The van der Waals surface area contributed by atoms with Gasteiger partial charge in [0.25, 0.3) is 0 Å². The molecule has 0 radical (unpaired) electrons. The van der Waals surface area contributed by atoms with Gasteiger partial charge in [-0.1, -0.05) is 6.07 Å². The fraction of sp³-hybridized carbons (Fsp3) is 0.250. The molecule has 0 aliphatic carbocycles. The summed E-state index contributed by atoms with van der Waals surface area (Å²) in [6, 6.07) is 11.4. The van der Waals surface area contributed by atoms with Crippen molar-refractivity contribution in [2.45, 2.75) is 20.0 Å². The van der Waals surface area contributed by atoms with Crippen molar-refractivity contribution < 1.29 is 4.39 Å². The predicted octanol–water partition coefficient (Wildman–Crippen LogP) is 3.94. The van der Waals surface area contributed by atoms with E-state index >= 15 is 0 Å². The molecular weight excluding hydrogens is 271 g/mol. The Hall–Kier alpha value is -1.65. The minimum absolute atomic E-state index is 0.150. The second kappa shape index (κ2) is 5.77. The van der Waals surface area contributed by atoms with E-state index in [4.69, 9.17) is 0 Å². The molecule has 0 spiro atoms. The zero-order chi connectivity index (χ0) is 13.9. The van der Waals surface area contributed by atoms with Crippen LogP contribution in [0.3, 0.4) is 0 Å². The number of hydrogen-bond acceptors (Lipinski definition) is 2. The SMILES string of the molecule is Cc1ccc(CNCCn2ccc3c(F)cccc32)s1. The highest BCUT2D eigenvalue weighted by atomic mass is 32.1. The van der Waals surface area contributed by atoms with Crippen LogP contribution >= 0.6 is 11.3 Å². The molecule has 104 valence electrons. The zero-order valence-electron chi connectivity index (χ0n) is 11.4.